The first-order valence-corrected chi connectivity index (χ1v) is 11.6. The molecule has 1 amide bonds. The topological polar surface area (TPSA) is 142 Å². The van der Waals surface area contributed by atoms with Crippen LogP contribution >= 0.6 is 0 Å². The van der Waals surface area contributed by atoms with Gasteiger partial charge in [-0.2, -0.15) is 0 Å². The number of amides is 1. The number of phenols is 1. The third kappa shape index (κ3) is 4.64. The molecule has 0 radical (unpaired) electrons. The van der Waals surface area contributed by atoms with Crippen molar-refractivity contribution in [2.24, 2.45) is 0 Å². The zero-order chi connectivity index (χ0) is 26.1. The van der Waals surface area contributed by atoms with Crippen LogP contribution in [-0.2, 0) is 22.4 Å². The lowest BCUT2D eigenvalue weighted by atomic mass is 10.0. The average molecular weight is 493 g/mol. The number of aromatic amines is 1. The maximum absolute atomic E-state index is 12.9. The first-order chi connectivity index (χ1) is 17.1. The van der Waals surface area contributed by atoms with Crippen LogP contribution in [0.15, 0.2) is 45.7 Å². The molecule has 2 aromatic carbocycles. The molecule has 0 aliphatic rings. The number of aryl methyl sites for hydroxylation is 2. The molecule has 2 atom stereocenters. The Morgan fingerprint density at radius 3 is 2.58 bits per heavy atom. The van der Waals surface area contributed by atoms with Crippen LogP contribution in [0.4, 0.5) is 0 Å². The molecule has 188 valence electrons. The standard InChI is InChI=1S/C27H28N2O7/c1-5-18-13(2)19-7-9-23(14(3)24(19)36-27(18)34)35-15(4)25(31)29-22(26(32)33)10-16-12-28-21-8-6-17(30)11-20(16)21/h6-9,11-12,15,22,28,30H,5,10H2,1-4H3,(H,29,31)(H,32,33)/t15-,22+/m0/s1. The van der Waals surface area contributed by atoms with E-state index in [4.69, 9.17) is 9.15 Å². The zero-order valence-corrected chi connectivity index (χ0v) is 20.5. The van der Waals surface area contributed by atoms with Crippen molar-refractivity contribution in [2.45, 2.75) is 52.7 Å². The van der Waals surface area contributed by atoms with Crippen molar-refractivity contribution in [1.82, 2.24) is 10.3 Å². The highest BCUT2D eigenvalue weighted by Gasteiger charge is 2.26. The number of benzene rings is 2. The van der Waals surface area contributed by atoms with Crippen LogP contribution in [0.25, 0.3) is 21.9 Å². The fourth-order valence-electron chi connectivity index (χ4n) is 4.40. The highest BCUT2D eigenvalue weighted by atomic mass is 16.5. The number of rotatable bonds is 8. The summed E-state index contributed by atoms with van der Waals surface area (Å²) < 4.78 is 11.4. The van der Waals surface area contributed by atoms with Gasteiger partial charge in [-0.15, -0.1) is 0 Å². The number of aliphatic carboxylic acids is 1. The third-order valence-corrected chi connectivity index (χ3v) is 6.47. The van der Waals surface area contributed by atoms with Crippen LogP contribution in [-0.4, -0.2) is 39.2 Å². The maximum atomic E-state index is 12.9. The number of carboxylic acids is 1. The van der Waals surface area contributed by atoms with Gasteiger partial charge in [0.05, 0.1) is 0 Å². The zero-order valence-electron chi connectivity index (χ0n) is 20.5. The molecular formula is C27H28N2O7. The fraction of sp³-hybridized carbons (Fsp3) is 0.296. The predicted octanol–water partition coefficient (Wildman–Crippen LogP) is 3.74. The van der Waals surface area contributed by atoms with Crippen molar-refractivity contribution in [3.8, 4) is 11.5 Å². The Morgan fingerprint density at radius 2 is 1.89 bits per heavy atom. The molecular weight excluding hydrogens is 464 g/mol. The molecule has 0 unspecified atom stereocenters. The summed E-state index contributed by atoms with van der Waals surface area (Å²) in [5, 5.41) is 23.5. The lowest BCUT2D eigenvalue weighted by Crippen LogP contribution is -2.47. The summed E-state index contributed by atoms with van der Waals surface area (Å²) in [6, 6.07) is 7.04. The minimum absolute atomic E-state index is 0.0104. The number of aromatic nitrogens is 1. The number of H-pyrrole nitrogens is 1. The van der Waals surface area contributed by atoms with Crippen LogP contribution in [0.3, 0.4) is 0 Å². The molecule has 2 heterocycles. The van der Waals surface area contributed by atoms with Gasteiger partial charge < -0.3 is 29.7 Å². The van der Waals surface area contributed by atoms with Gasteiger partial charge in [-0.25, -0.2) is 9.59 Å². The van der Waals surface area contributed by atoms with Gasteiger partial charge in [0, 0.05) is 40.0 Å². The summed E-state index contributed by atoms with van der Waals surface area (Å²) in [5.74, 6) is -1.39. The second-order valence-electron chi connectivity index (χ2n) is 8.82. The van der Waals surface area contributed by atoms with Gasteiger partial charge in [0.2, 0.25) is 0 Å². The van der Waals surface area contributed by atoms with Crippen molar-refractivity contribution in [3.05, 3.63) is 69.2 Å². The molecule has 0 aliphatic carbocycles. The Morgan fingerprint density at radius 1 is 1.14 bits per heavy atom. The summed E-state index contributed by atoms with van der Waals surface area (Å²) in [6.45, 7) is 7.02. The fourth-order valence-corrected chi connectivity index (χ4v) is 4.40. The van der Waals surface area contributed by atoms with E-state index in [0.717, 1.165) is 16.5 Å². The second-order valence-corrected chi connectivity index (χ2v) is 8.82. The summed E-state index contributed by atoms with van der Waals surface area (Å²) in [4.78, 5) is 40.1. The predicted molar refractivity (Wildman–Crippen MR) is 135 cm³/mol. The number of carboxylic acid groups (broad SMARTS) is 1. The van der Waals surface area contributed by atoms with Crippen molar-refractivity contribution in [2.75, 3.05) is 0 Å². The van der Waals surface area contributed by atoms with E-state index >= 15 is 0 Å². The van der Waals surface area contributed by atoms with Gasteiger partial charge >= 0.3 is 11.6 Å². The van der Waals surface area contributed by atoms with Crippen molar-refractivity contribution < 1.29 is 29.0 Å². The molecule has 0 saturated heterocycles. The summed E-state index contributed by atoms with van der Waals surface area (Å²) in [7, 11) is 0. The first-order valence-electron chi connectivity index (χ1n) is 11.6. The number of carbonyl (C=O) groups excluding carboxylic acids is 1. The minimum Gasteiger partial charge on any atom is -0.508 e. The monoisotopic (exact) mass is 492 g/mol. The first kappa shape index (κ1) is 24.8. The number of hydrogen-bond donors (Lipinski definition) is 4. The van der Waals surface area contributed by atoms with Gasteiger partial charge in [-0.05, 0) is 68.7 Å². The van der Waals surface area contributed by atoms with E-state index in [9.17, 15) is 24.6 Å². The molecule has 4 aromatic rings. The molecule has 9 nitrogen and oxygen atoms in total. The van der Waals surface area contributed by atoms with Crippen LogP contribution in [0.1, 0.15) is 36.1 Å². The molecule has 0 bridgehead atoms. The Kier molecular flexibility index (Phi) is 6.74. The van der Waals surface area contributed by atoms with Crippen LogP contribution in [0.5, 0.6) is 11.5 Å². The van der Waals surface area contributed by atoms with Gasteiger partial charge in [0.1, 0.15) is 23.1 Å². The molecule has 0 fully saturated rings. The molecule has 0 aliphatic heterocycles. The smallest absolute Gasteiger partial charge is 0.339 e. The number of carbonyl (C=O) groups is 2. The quantitative estimate of drug-likeness (QED) is 0.275. The van der Waals surface area contributed by atoms with E-state index in [1.807, 2.05) is 13.8 Å². The summed E-state index contributed by atoms with van der Waals surface area (Å²) in [5.41, 5.74) is 3.42. The largest absolute Gasteiger partial charge is 0.508 e. The maximum Gasteiger partial charge on any atom is 0.339 e. The van der Waals surface area contributed by atoms with E-state index in [2.05, 4.69) is 10.3 Å². The summed E-state index contributed by atoms with van der Waals surface area (Å²) in [6.07, 6.45) is 1.21. The molecule has 4 rings (SSSR count). The number of aromatic hydroxyl groups is 1. The summed E-state index contributed by atoms with van der Waals surface area (Å²) >= 11 is 0. The SMILES string of the molecule is CCc1c(C)c2ccc(O[C@@H](C)C(=O)N[C@H](Cc3c[nH]c4ccc(O)cc34)C(=O)O)c(C)c2oc1=O. The molecule has 9 heteroatoms. The highest BCUT2D eigenvalue weighted by molar-refractivity contribution is 5.89. The number of ether oxygens (including phenoxy) is 1. The molecule has 0 spiro atoms. The van der Waals surface area contributed by atoms with Crippen molar-refractivity contribution in [3.63, 3.8) is 0 Å². The van der Waals surface area contributed by atoms with Crippen molar-refractivity contribution >= 4 is 33.7 Å². The number of nitrogens with one attached hydrogen (secondary N) is 2. The number of phenolic OH excluding ortho intramolecular Hbond substituents is 1. The molecule has 0 saturated carbocycles. The van der Waals surface area contributed by atoms with Gasteiger partial charge in [0.15, 0.2) is 6.10 Å². The second kappa shape index (κ2) is 9.77. The van der Waals surface area contributed by atoms with Crippen LogP contribution < -0.4 is 15.7 Å². The van der Waals surface area contributed by atoms with E-state index in [-0.39, 0.29) is 12.2 Å². The Labute approximate surface area is 206 Å². The Hall–Kier alpha value is -4.27. The van der Waals surface area contributed by atoms with Gasteiger partial charge in [0.25, 0.3) is 5.91 Å². The van der Waals surface area contributed by atoms with Gasteiger partial charge in [-0.3, -0.25) is 4.79 Å². The third-order valence-electron chi connectivity index (χ3n) is 6.47. The van der Waals surface area contributed by atoms with E-state index in [0.29, 0.717) is 39.8 Å². The van der Waals surface area contributed by atoms with Crippen LogP contribution in [0.2, 0.25) is 0 Å². The normalized spacial score (nSPS) is 13.0. The van der Waals surface area contributed by atoms with E-state index in [1.165, 1.54) is 13.0 Å². The molecule has 36 heavy (non-hydrogen) atoms. The Bertz CT molecular complexity index is 1530. The lowest BCUT2D eigenvalue weighted by Gasteiger charge is -2.20. The minimum atomic E-state index is -1.21. The number of fused-ring (bicyclic) bond motifs is 2. The highest BCUT2D eigenvalue weighted by Crippen LogP contribution is 2.30. The molecule has 2 aromatic heterocycles. The van der Waals surface area contributed by atoms with Crippen LogP contribution in [0, 0.1) is 13.8 Å². The average Bonchev–Trinajstić information content (AvgIpc) is 3.22. The molecule has 4 N–H and O–H groups in total. The van der Waals surface area contributed by atoms with Crippen molar-refractivity contribution in [1.29, 1.82) is 0 Å². The lowest BCUT2D eigenvalue weighted by molar-refractivity contribution is -0.142. The van der Waals surface area contributed by atoms with E-state index < -0.39 is 29.6 Å². The Balaban J connectivity index is 1.53. The van der Waals surface area contributed by atoms with E-state index in [1.54, 1.807) is 37.4 Å². The number of hydrogen-bond acceptors (Lipinski definition) is 6. The van der Waals surface area contributed by atoms with Gasteiger partial charge in [-0.1, -0.05) is 6.92 Å².